The van der Waals surface area contributed by atoms with Crippen LogP contribution in [0.15, 0.2) is 30.3 Å². The summed E-state index contributed by atoms with van der Waals surface area (Å²) in [5.41, 5.74) is 0.589. The average Bonchev–Trinajstić information content (AvgIpc) is 2.53. The second-order valence-corrected chi connectivity index (χ2v) is 4.48. The van der Waals surface area contributed by atoms with Gasteiger partial charge in [-0.15, -0.1) is 0 Å². The molecule has 0 spiro atoms. The number of carbonyl (C=O) groups excluding carboxylic acids is 1. The Morgan fingerprint density at radius 3 is 2.52 bits per heavy atom. The van der Waals surface area contributed by atoms with Crippen LogP contribution in [0.5, 0.6) is 6.01 Å². The molecular formula is C14H17N5O2. The first-order chi connectivity index (χ1) is 10.1. The Morgan fingerprint density at radius 2 is 1.90 bits per heavy atom. The third kappa shape index (κ3) is 3.88. The van der Waals surface area contributed by atoms with E-state index in [2.05, 4.69) is 20.3 Å². The number of ether oxygens (including phenoxy) is 1. The predicted octanol–water partition coefficient (Wildman–Crippen LogP) is 0.876. The molecule has 0 aliphatic carbocycles. The van der Waals surface area contributed by atoms with Crippen LogP contribution in [0.25, 0.3) is 0 Å². The van der Waals surface area contributed by atoms with E-state index in [1.54, 1.807) is 17.0 Å². The number of aromatic nitrogens is 3. The normalized spacial score (nSPS) is 10.0. The van der Waals surface area contributed by atoms with Gasteiger partial charge < -0.3 is 15.0 Å². The molecule has 0 fully saturated rings. The summed E-state index contributed by atoms with van der Waals surface area (Å²) < 4.78 is 5.04. The van der Waals surface area contributed by atoms with Gasteiger partial charge in [-0.25, -0.2) is 0 Å². The van der Waals surface area contributed by atoms with Crippen molar-refractivity contribution >= 4 is 11.9 Å². The molecule has 2 aromatic rings. The van der Waals surface area contributed by atoms with Crippen molar-refractivity contribution in [2.24, 2.45) is 0 Å². The summed E-state index contributed by atoms with van der Waals surface area (Å²) in [6, 6.07) is 9.19. The predicted molar refractivity (Wildman–Crippen MR) is 78.3 cm³/mol. The fraction of sp³-hybridized carbons (Fsp3) is 0.286. The molecule has 2 rings (SSSR count). The minimum atomic E-state index is -0.179. The summed E-state index contributed by atoms with van der Waals surface area (Å²) >= 11 is 0. The number of nitrogens with zero attached hydrogens (tertiary/aromatic N) is 4. The van der Waals surface area contributed by atoms with Gasteiger partial charge in [0.2, 0.25) is 5.95 Å². The van der Waals surface area contributed by atoms with Crippen molar-refractivity contribution in [1.29, 1.82) is 0 Å². The van der Waals surface area contributed by atoms with E-state index < -0.39 is 0 Å². The molecule has 0 atom stereocenters. The lowest BCUT2D eigenvalue weighted by atomic mass is 10.2. The first kappa shape index (κ1) is 14.7. The van der Waals surface area contributed by atoms with Gasteiger partial charge in [-0.1, -0.05) is 18.2 Å². The van der Waals surface area contributed by atoms with E-state index in [9.17, 15) is 4.79 Å². The van der Waals surface area contributed by atoms with Gasteiger partial charge in [-0.2, -0.15) is 15.0 Å². The Hall–Kier alpha value is -2.70. The van der Waals surface area contributed by atoms with Crippen molar-refractivity contribution in [2.45, 2.75) is 6.54 Å². The molecule has 1 aromatic heterocycles. The number of rotatable bonds is 5. The van der Waals surface area contributed by atoms with Gasteiger partial charge in [0.05, 0.1) is 13.7 Å². The van der Waals surface area contributed by atoms with Gasteiger partial charge in [0, 0.05) is 19.7 Å². The number of hydrogen-bond donors (Lipinski definition) is 1. The van der Waals surface area contributed by atoms with Crippen LogP contribution < -0.4 is 15.0 Å². The highest BCUT2D eigenvalue weighted by Crippen LogP contribution is 2.09. The lowest BCUT2D eigenvalue weighted by Crippen LogP contribution is -2.25. The fourth-order valence-electron chi connectivity index (χ4n) is 1.61. The summed E-state index contributed by atoms with van der Waals surface area (Å²) in [5, 5.41) is 2.77. The Kier molecular flexibility index (Phi) is 4.65. The summed E-state index contributed by atoms with van der Waals surface area (Å²) in [6.45, 7) is 0.202. The third-order valence-corrected chi connectivity index (χ3v) is 2.68. The summed E-state index contributed by atoms with van der Waals surface area (Å²) in [6.07, 6.45) is 0. The fourth-order valence-corrected chi connectivity index (χ4v) is 1.61. The molecule has 1 aromatic carbocycles. The molecule has 0 radical (unpaired) electrons. The van der Waals surface area contributed by atoms with Crippen LogP contribution in [-0.2, 0) is 6.54 Å². The minimum absolute atomic E-state index is 0.179. The monoisotopic (exact) mass is 287 g/mol. The van der Waals surface area contributed by atoms with Crippen LogP contribution in [-0.4, -0.2) is 42.1 Å². The molecule has 1 N–H and O–H groups in total. The van der Waals surface area contributed by atoms with E-state index in [1.165, 1.54) is 7.11 Å². The zero-order valence-corrected chi connectivity index (χ0v) is 12.2. The first-order valence-corrected chi connectivity index (χ1v) is 6.39. The maximum atomic E-state index is 12.0. The maximum absolute atomic E-state index is 12.0. The highest BCUT2D eigenvalue weighted by atomic mass is 16.5. The smallest absolute Gasteiger partial charge is 0.321 e. The van der Waals surface area contributed by atoms with Crippen molar-refractivity contribution in [3.05, 3.63) is 41.7 Å². The van der Waals surface area contributed by atoms with Crippen LogP contribution in [0.4, 0.5) is 5.95 Å². The van der Waals surface area contributed by atoms with Gasteiger partial charge >= 0.3 is 6.01 Å². The number of carbonyl (C=O) groups is 1. The minimum Gasteiger partial charge on any atom is -0.467 e. The van der Waals surface area contributed by atoms with Gasteiger partial charge in [0.25, 0.3) is 5.91 Å². The Morgan fingerprint density at radius 1 is 1.19 bits per heavy atom. The topological polar surface area (TPSA) is 80.2 Å². The molecule has 1 amide bonds. The first-order valence-electron chi connectivity index (χ1n) is 6.39. The molecule has 0 aliphatic rings. The standard InChI is InChI=1S/C14H17N5O2/c1-19(2)13-16-11(17-14(18-13)21-3)9-15-12(20)10-7-5-4-6-8-10/h4-8H,9H2,1-3H3,(H,15,20). The van der Waals surface area contributed by atoms with Crippen molar-refractivity contribution in [2.75, 3.05) is 26.1 Å². The highest BCUT2D eigenvalue weighted by Gasteiger charge is 2.10. The summed E-state index contributed by atoms with van der Waals surface area (Å²) in [7, 11) is 5.13. The molecule has 7 heteroatoms. The van der Waals surface area contributed by atoms with Crippen molar-refractivity contribution in [1.82, 2.24) is 20.3 Å². The van der Waals surface area contributed by atoms with E-state index in [-0.39, 0.29) is 18.5 Å². The molecule has 0 saturated heterocycles. The van der Waals surface area contributed by atoms with Crippen LogP contribution in [0.1, 0.15) is 16.2 Å². The van der Waals surface area contributed by atoms with E-state index >= 15 is 0 Å². The number of anilines is 1. The van der Waals surface area contributed by atoms with E-state index in [0.29, 0.717) is 17.3 Å². The second kappa shape index (κ2) is 6.65. The summed E-state index contributed by atoms with van der Waals surface area (Å²) in [4.78, 5) is 26.2. The molecule has 0 saturated carbocycles. The van der Waals surface area contributed by atoms with Crippen molar-refractivity contribution in [3.63, 3.8) is 0 Å². The lowest BCUT2D eigenvalue weighted by molar-refractivity contribution is 0.0949. The largest absolute Gasteiger partial charge is 0.467 e. The van der Waals surface area contributed by atoms with E-state index in [0.717, 1.165) is 0 Å². The van der Waals surface area contributed by atoms with Crippen LogP contribution in [0, 0.1) is 0 Å². The molecule has 1 heterocycles. The average molecular weight is 287 g/mol. The zero-order valence-electron chi connectivity index (χ0n) is 12.2. The number of nitrogens with one attached hydrogen (secondary N) is 1. The van der Waals surface area contributed by atoms with E-state index in [4.69, 9.17) is 4.74 Å². The lowest BCUT2D eigenvalue weighted by Gasteiger charge is -2.12. The van der Waals surface area contributed by atoms with Crippen LogP contribution >= 0.6 is 0 Å². The summed E-state index contributed by atoms with van der Waals surface area (Å²) in [5.74, 6) is 0.738. The number of methoxy groups -OCH3 is 1. The second-order valence-electron chi connectivity index (χ2n) is 4.48. The molecule has 0 bridgehead atoms. The Balaban J connectivity index is 2.09. The molecule has 21 heavy (non-hydrogen) atoms. The highest BCUT2D eigenvalue weighted by molar-refractivity contribution is 5.93. The maximum Gasteiger partial charge on any atom is 0.321 e. The Bertz CT molecular complexity index is 616. The van der Waals surface area contributed by atoms with Crippen LogP contribution in [0.3, 0.4) is 0 Å². The SMILES string of the molecule is COc1nc(CNC(=O)c2ccccc2)nc(N(C)C)n1. The van der Waals surface area contributed by atoms with Crippen molar-refractivity contribution < 1.29 is 9.53 Å². The number of hydrogen-bond acceptors (Lipinski definition) is 6. The molecule has 0 aliphatic heterocycles. The van der Waals surface area contributed by atoms with Crippen LogP contribution in [0.2, 0.25) is 0 Å². The number of benzene rings is 1. The zero-order chi connectivity index (χ0) is 15.2. The molecule has 110 valence electrons. The van der Waals surface area contributed by atoms with Gasteiger partial charge in [-0.05, 0) is 12.1 Å². The number of amides is 1. The molecule has 0 unspecified atom stereocenters. The van der Waals surface area contributed by atoms with E-state index in [1.807, 2.05) is 32.3 Å². The van der Waals surface area contributed by atoms with Crippen molar-refractivity contribution in [3.8, 4) is 6.01 Å². The van der Waals surface area contributed by atoms with Gasteiger partial charge in [0.1, 0.15) is 0 Å². The third-order valence-electron chi connectivity index (χ3n) is 2.68. The molecular weight excluding hydrogens is 270 g/mol. The quantitative estimate of drug-likeness (QED) is 0.879. The van der Waals surface area contributed by atoms with Gasteiger partial charge in [-0.3, -0.25) is 4.79 Å². The molecule has 7 nitrogen and oxygen atoms in total. The Labute approximate surface area is 123 Å². The van der Waals surface area contributed by atoms with Gasteiger partial charge in [0.15, 0.2) is 5.82 Å².